The summed E-state index contributed by atoms with van der Waals surface area (Å²) < 4.78 is 6.40. The number of nitrogens with two attached hydrogens (primary N) is 1. The molecule has 0 atom stereocenters. The first-order valence-electron chi connectivity index (χ1n) is 3.72. The van der Waals surface area contributed by atoms with Crippen molar-refractivity contribution in [3.05, 3.63) is 24.0 Å². The van der Waals surface area contributed by atoms with Crippen LogP contribution >= 0.6 is 0 Å². The monoisotopic (exact) mass is 168 g/mol. The number of hydrogen-bond donors (Lipinski definition) is 1. The smallest absolute Gasteiger partial charge is 0.339 e. The van der Waals surface area contributed by atoms with Crippen LogP contribution in [0.1, 0.15) is 10.4 Å². The first kappa shape index (κ1) is 8.80. The van der Waals surface area contributed by atoms with Gasteiger partial charge < -0.3 is 15.0 Å². The number of methoxy groups -OCH3 is 1. The van der Waals surface area contributed by atoms with Gasteiger partial charge in [0.1, 0.15) is 0 Å². The molecule has 4 heteroatoms. The molecule has 1 aromatic rings. The molecule has 0 aliphatic heterocycles. The van der Waals surface area contributed by atoms with Crippen molar-refractivity contribution in [1.29, 1.82) is 0 Å². The molecule has 0 saturated heterocycles. The zero-order valence-electron chi connectivity index (χ0n) is 6.99. The normalized spacial score (nSPS) is 9.83. The second-order valence-corrected chi connectivity index (χ2v) is 2.42. The van der Waals surface area contributed by atoms with E-state index in [-0.39, 0.29) is 5.97 Å². The van der Waals surface area contributed by atoms with Crippen LogP contribution in [0.4, 0.5) is 0 Å². The molecule has 0 bridgehead atoms. The summed E-state index contributed by atoms with van der Waals surface area (Å²) in [5.41, 5.74) is 5.90. The average Bonchev–Trinajstić information content (AvgIpc) is 2.52. The van der Waals surface area contributed by atoms with E-state index in [0.717, 1.165) is 6.54 Å². The van der Waals surface area contributed by atoms with Gasteiger partial charge in [0.2, 0.25) is 0 Å². The molecule has 0 unspecified atom stereocenters. The summed E-state index contributed by atoms with van der Waals surface area (Å²) >= 11 is 0. The van der Waals surface area contributed by atoms with E-state index in [0.29, 0.717) is 12.1 Å². The third kappa shape index (κ3) is 1.85. The van der Waals surface area contributed by atoms with E-state index in [1.54, 1.807) is 18.5 Å². The minimum absolute atomic E-state index is 0.314. The molecule has 4 nitrogen and oxygen atoms in total. The van der Waals surface area contributed by atoms with Crippen LogP contribution in [-0.2, 0) is 11.3 Å². The highest BCUT2D eigenvalue weighted by Gasteiger charge is 2.05. The maximum atomic E-state index is 11.0. The predicted molar refractivity (Wildman–Crippen MR) is 44.8 cm³/mol. The van der Waals surface area contributed by atoms with Gasteiger partial charge in [-0.1, -0.05) is 0 Å². The van der Waals surface area contributed by atoms with Gasteiger partial charge in [-0.3, -0.25) is 0 Å². The third-order valence-electron chi connectivity index (χ3n) is 1.56. The van der Waals surface area contributed by atoms with Gasteiger partial charge in [0.25, 0.3) is 0 Å². The Balaban J connectivity index is 2.70. The van der Waals surface area contributed by atoms with Gasteiger partial charge >= 0.3 is 5.97 Å². The molecule has 2 N–H and O–H groups in total. The van der Waals surface area contributed by atoms with Gasteiger partial charge in [0.15, 0.2) is 0 Å². The number of hydrogen-bond acceptors (Lipinski definition) is 3. The van der Waals surface area contributed by atoms with Crippen molar-refractivity contribution in [3.8, 4) is 0 Å². The van der Waals surface area contributed by atoms with Crippen LogP contribution < -0.4 is 5.73 Å². The molecule has 0 aliphatic rings. The lowest BCUT2D eigenvalue weighted by Gasteiger charge is -1.97. The Morgan fingerprint density at radius 3 is 3.08 bits per heavy atom. The third-order valence-corrected chi connectivity index (χ3v) is 1.56. The van der Waals surface area contributed by atoms with Gasteiger partial charge in [0, 0.05) is 25.5 Å². The van der Waals surface area contributed by atoms with Crippen molar-refractivity contribution in [2.45, 2.75) is 6.54 Å². The number of esters is 1. The van der Waals surface area contributed by atoms with Crippen molar-refractivity contribution in [2.75, 3.05) is 13.7 Å². The van der Waals surface area contributed by atoms with Crippen molar-refractivity contribution in [3.63, 3.8) is 0 Å². The fourth-order valence-corrected chi connectivity index (χ4v) is 0.968. The van der Waals surface area contributed by atoms with E-state index < -0.39 is 0 Å². The van der Waals surface area contributed by atoms with E-state index >= 15 is 0 Å². The average molecular weight is 168 g/mol. The highest BCUT2D eigenvalue weighted by atomic mass is 16.5. The van der Waals surface area contributed by atoms with Gasteiger partial charge in [0.05, 0.1) is 12.7 Å². The summed E-state index contributed by atoms with van der Waals surface area (Å²) in [5, 5.41) is 0. The topological polar surface area (TPSA) is 57.2 Å². The second kappa shape index (κ2) is 3.92. The van der Waals surface area contributed by atoms with Gasteiger partial charge in [-0.05, 0) is 6.07 Å². The molecule has 0 radical (unpaired) electrons. The maximum absolute atomic E-state index is 11.0. The van der Waals surface area contributed by atoms with E-state index in [9.17, 15) is 4.79 Å². The molecule has 0 fully saturated rings. The molecule has 0 saturated carbocycles. The number of aromatic nitrogens is 1. The highest BCUT2D eigenvalue weighted by molar-refractivity contribution is 5.89. The Labute approximate surface area is 70.9 Å². The lowest BCUT2D eigenvalue weighted by Crippen LogP contribution is -2.08. The van der Waals surface area contributed by atoms with Crippen LogP contribution in [0.3, 0.4) is 0 Å². The Morgan fingerprint density at radius 1 is 1.75 bits per heavy atom. The predicted octanol–water partition coefficient (Wildman–Crippen LogP) is 0.233. The number of rotatable bonds is 3. The van der Waals surface area contributed by atoms with Crippen LogP contribution in [0.5, 0.6) is 0 Å². The Hall–Kier alpha value is -1.29. The van der Waals surface area contributed by atoms with Crippen molar-refractivity contribution in [2.24, 2.45) is 5.73 Å². The molecule has 0 aliphatic carbocycles. The summed E-state index contributed by atoms with van der Waals surface area (Å²) in [6.45, 7) is 1.28. The summed E-state index contributed by atoms with van der Waals surface area (Å²) in [6.07, 6.45) is 3.53. The molecule has 1 heterocycles. The second-order valence-electron chi connectivity index (χ2n) is 2.42. The quantitative estimate of drug-likeness (QED) is 0.657. The molecule has 66 valence electrons. The Bertz CT molecular complexity index is 268. The molecule has 0 spiro atoms. The van der Waals surface area contributed by atoms with Crippen LogP contribution in [0.15, 0.2) is 18.5 Å². The van der Waals surface area contributed by atoms with Crippen LogP contribution in [0.25, 0.3) is 0 Å². The van der Waals surface area contributed by atoms with Gasteiger partial charge in [-0.2, -0.15) is 0 Å². The van der Waals surface area contributed by atoms with E-state index in [2.05, 4.69) is 4.74 Å². The Kier molecular flexibility index (Phi) is 2.88. The molecular weight excluding hydrogens is 156 g/mol. The molecule has 1 aromatic heterocycles. The molecule has 0 amide bonds. The van der Waals surface area contributed by atoms with Crippen molar-refractivity contribution in [1.82, 2.24) is 4.57 Å². The lowest BCUT2D eigenvalue weighted by molar-refractivity contribution is 0.0600. The zero-order chi connectivity index (χ0) is 8.97. The fraction of sp³-hybridized carbons (Fsp3) is 0.375. The van der Waals surface area contributed by atoms with Crippen molar-refractivity contribution >= 4 is 5.97 Å². The Morgan fingerprint density at radius 2 is 2.50 bits per heavy atom. The van der Waals surface area contributed by atoms with E-state index in [4.69, 9.17) is 5.73 Å². The number of ether oxygens (including phenoxy) is 1. The first-order valence-corrected chi connectivity index (χ1v) is 3.72. The van der Waals surface area contributed by atoms with Crippen LogP contribution in [-0.4, -0.2) is 24.2 Å². The van der Waals surface area contributed by atoms with Crippen molar-refractivity contribution < 1.29 is 9.53 Å². The minimum atomic E-state index is -0.314. The molecule has 12 heavy (non-hydrogen) atoms. The minimum Gasteiger partial charge on any atom is -0.465 e. The summed E-state index contributed by atoms with van der Waals surface area (Å²) in [7, 11) is 1.36. The number of nitrogens with zero attached hydrogens (tertiary/aromatic N) is 1. The van der Waals surface area contributed by atoms with E-state index in [1.807, 2.05) is 4.57 Å². The largest absolute Gasteiger partial charge is 0.465 e. The zero-order valence-corrected chi connectivity index (χ0v) is 6.99. The van der Waals surface area contributed by atoms with E-state index in [1.165, 1.54) is 7.11 Å². The van der Waals surface area contributed by atoms with Gasteiger partial charge in [-0.25, -0.2) is 4.79 Å². The number of carbonyl (C=O) groups excluding carboxylic acids is 1. The standard InChI is InChI=1S/C8H12N2O2/c1-12-8(11)7-2-4-10(6-7)5-3-9/h2,4,6H,3,5,9H2,1H3. The molecule has 0 aromatic carbocycles. The van der Waals surface area contributed by atoms with Gasteiger partial charge in [-0.15, -0.1) is 0 Å². The summed E-state index contributed by atoms with van der Waals surface area (Å²) in [5.74, 6) is -0.314. The summed E-state index contributed by atoms with van der Waals surface area (Å²) in [6, 6.07) is 1.71. The number of carbonyl (C=O) groups is 1. The first-order chi connectivity index (χ1) is 5.77. The maximum Gasteiger partial charge on any atom is 0.339 e. The van der Waals surface area contributed by atoms with Crippen LogP contribution in [0.2, 0.25) is 0 Å². The SMILES string of the molecule is COC(=O)c1ccn(CCN)c1. The molecular formula is C8H12N2O2. The molecule has 1 rings (SSSR count). The highest BCUT2D eigenvalue weighted by Crippen LogP contribution is 2.02. The lowest BCUT2D eigenvalue weighted by atomic mass is 10.3. The summed E-state index contributed by atoms with van der Waals surface area (Å²) in [4.78, 5) is 11.0. The fourth-order valence-electron chi connectivity index (χ4n) is 0.968. The van der Waals surface area contributed by atoms with Crippen LogP contribution in [0, 0.1) is 0 Å².